The summed E-state index contributed by atoms with van der Waals surface area (Å²) in [7, 11) is 1.37. The first-order valence-corrected chi connectivity index (χ1v) is 11.5. The molecule has 0 spiro atoms. The molecule has 6 heteroatoms. The number of ether oxygens (including phenoxy) is 1. The average Bonchev–Trinajstić information content (AvgIpc) is 3.18. The minimum Gasteiger partial charge on any atom is -0.469 e. The number of amides is 2. The van der Waals surface area contributed by atoms with Crippen molar-refractivity contribution in [1.29, 1.82) is 0 Å². The van der Waals surface area contributed by atoms with Gasteiger partial charge in [-0.15, -0.1) is 0 Å². The molecule has 4 bridgehead atoms. The maximum Gasteiger partial charge on any atom is 0.310 e. The molecule has 0 radical (unpaired) electrons. The zero-order chi connectivity index (χ0) is 20.8. The fourth-order valence-electron chi connectivity index (χ4n) is 7.14. The molecule has 0 N–H and O–H groups in total. The largest absolute Gasteiger partial charge is 0.469 e. The van der Waals surface area contributed by atoms with Gasteiger partial charge in [0.15, 0.2) is 0 Å². The molecule has 5 fully saturated rings. The molecule has 4 saturated carbocycles. The predicted molar refractivity (Wildman–Crippen MR) is 109 cm³/mol. The molecular formula is C23H36N2O4. The number of likely N-dealkylation sites (tertiary alicyclic amines) is 1. The molecular weight excluding hydrogens is 368 g/mol. The smallest absolute Gasteiger partial charge is 0.310 e. The first-order valence-electron chi connectivity index (χ1n) is 11.5. The van der Waals surface area contributed by atoms with Gasteiger partial charge in [-0.1, -0.05) is 6.92 Å². The number of likely N-dealkylation sites (N-methyl/N-ethyl adjacent to an activating group) is 1. The summed E-state index contributed by atoms with van der Waals surface area (Å²) in [6, 6.07) is -0.361. The topological polar surface area (TPSA) is 66.9 Å². The van der Waals surface area contributed by atoms with Crippen LogP contribution in [-0.2, 0) is 19.1 Å². The third-order valence-electron chi connectivity index (χ3n) is 8.08. The van der Waals surface area contributed by atoms with Crippen LogP contribution in [0.3, 0.4) is 0 Å². The van der Waals surface area contributed by atoms with Gasteiger partial charge in [-0.25, -0.2) is 0 Å². The van der Waals surface area contributed by atoms with Crippen molar-refractivity contribution in [2.24, 2.45) is 29.1 Å². The molecule has 1 heterocycles. The molecule has 2 atom stereocenters. The highest BCUT2D eigenvalue weighted by atomic mass is 16.5. The lowest BCUT2D eigenvalue weighted by atomic mass is 9.49. The number of methoxy groups -OCH3 is 1. The van der Waals surface area contributed by atoms with Gasteiger partial charge in [0, 0.05) is 19.6 Å². The summed E-state index contributed by atoms with van der Waals surface area (Å²) in [5.74, 6) is 1.74. The molecule has 162 valence electrons. The Morgan fingerprint density at radius 1 is 1.10 bits per heavy atom. The summed E-state index contributed by atoms with van der Waals surface area (Å²) < 4.78 is 4.82. The quantitative estimate of drug-likeness (QED) is 0.639. The van der Waals surface area contributed by atoms with E-state index in [9.17, 15) is 14.4 Å². The van der Waals surface area contributed by atoms with Crippen LogP contribution >= 0.6 is 0 Å². The van der Waals surface area contributed by atoms with Gasteiger partial charge in [-0.2, -0.15) is 0 Å². The molecule has 1 aliphatic heterocycles. The van der Waals surface area contributed by atoms with Crippen molar-refractivity contribution in [3.05, 3.63) is 0 Å². The highest BCUT2D eigenvalue weighted by Crippen LogP contribution is 2.60. The zero-order valence-electron chi connectivity index (χ0n) is 18.2. The Balaban J connectivity index is 1.47. The zero-order valence-corrected chi connectivity index (χ0v) is 18.2. The van der Waals surface area contributed by atoms with E-state index in [1.807, 2.05) is 11.8 Å². The van der Waals surface area contributed by atoms with E-state index < -0.39 is 0 Å². The van der Waals surface area contributed by atoms with Crippen molar-refractivity contribution in [2.75, 3.05) is 26.7 Å². The van der Waals surface area contributed by atoms with Gasteiger partial charge < -0.3 is 14.5 Å². The van der Waals surface area contributed by atoms with E-state index in [-0.39, 0.29) is 35.2 Å². The van der Waals surface area contributed by atoms with Gasteiger partial charge in [-0.05, 0) is 76.0 Å². The van der Waals surface area contributed by atoms with Gasteiger partial charge in [-0.3, -0.25) is 14.4 Å². The van der Waals surface area contributed by atoms with Gasteiger partial charge in [0.05, 0.1) is 18.4 Å². The molecule has 5 aliphatic rings. The second-order valence-electron chi connectivity index (χ2n) is 10.2. The summed E-state index contributed by atoms with van der Waals surface area (Å²) in [4.78, 5) is 42.6. The molecule has 1 saturated heterocycles. The Labute approximate surface area is 174 Å². The van der Waals surface area contributed by atoms with E-state index in [1.165, 1.54) is 26.4 Å². The van der Waals surface area contributed by atoms with Gasteiger partial charge in [0.2, 0.25) is 11.8 Å². The number of nitrogens with zero attached hydrogens (tertiary/aromatic N) is 2. The molecule has 2 unspecified atom stereocenters. The van der Waals surface area contributed by atoms with Crippen molar-refractivity contribution >= 4 is 17.8 Å². The van der Waals surface area contributed by atoms with E-state index >= 15 is 0 Å². The van der Waals surface area contributed by atoms with Crippen molar-refractivity contribution in [3.8, 4) is 0 Å². The van der Waals surface area contributed by atoms with Crippen molar-refractivity contribution < 1.29 is 19.1 Å². The van der Waals surface area contributed by atoms with Crippen LogP contribution in [0.2, 0.25) is 0 Å². The van der Waals surface area contributed by atoms with Crippen molar-refractivity contribution in [3.63, 3.8) is 0 Å². The molecule has 0 aromatic carbocycles. The Morgan fingerprint density at radius 3 is 2.21 bits per heavy atom. The number of rotatable bonds is 6. The molecule has 0 aromatic heterocycles. The molecule has 0 aromatic rings. The molecule has 4 aliphatic carbocycles. The summed E-state index contributed by atoms with van der Waals surface area (Å²) in [5, 5.41) is 0. The fraction of sp³-hybridized carbons (Fsp3) is 0.870. The Hall–Kier alpha value is -1.59. The van der Waals surface area contributed by atoms with E-state index in [0.717, 1.165) is 49.9 Å². The van der Waals surface area contributed by atoms with E-state index in [0.29, 0.717) is 19.6 Å². The number of carbonyl (C=O) groups is 3. The first kappa shape index (κ1) is 20.7. The van der Waals surface area contributed by atoms with Gasteiger partial charge in [0.1, 0.15) is 6.04 Å². The van der Waals surface area contributed by atoms with E-state index in [1.54, 1.807) is 11.8 Å². The van der Waals surface area contributed by atoms with Crippen LogP contribution in [0.4, 0.5) is 0 Å². The number of hydrogen-bond donors (Lipinski definition) is 0. The molecule has 2 amide bonds. The summed E-state index contributed by atoms with van der Waals surface area (Å²) in [6.07, 6.45) is 8.65. The number of hydrogen-bond acceptors (Lipinski definition) is 4. The van der Waals surface area contributed by atoms with Gasteiger partial charge in [0.25, 0.3) is 0 Å². The van der Waals surface area contributed by atoms with Gasteiger partial charge >= 0.3 is 5.97 Å². The lowest BCUT2D eigenvalue weighted by Gasteiger charge is -2.56. The van der Waals surface area contributed by atoms with E-state index in [2.05, 4.69) is 0 Å². The standard InChI is InChI=1S/C23H36N2O4/c1-4-24(14-15(2)21(27)29-3)20(26)19-6-5-7-25(19)22(28)23-11-16-8-17(12-23)10-18(9-16)13-23/h15-19H,4-14H2,1-3H3. The lowest BCUT2D eigenvalue weighted by molar-refractivity contribution is -0.162. The summed E-state index contributed by atoms with van der Waals surface area (Å²) in [6.45, 7) is 5.30. The normalized spacial score (nSPS) is 36.2. The van der Waals surface area contributed by atoms with Crippen molar-refractivity contribution in [1.82, 2.24) is 9.80 Å². The Bertz CT molecular complexity index is 641. The second kappa shape index (κ2) is 7.92. The number of esters is 1. The molecule has 5 rings (SSSR count). The average molecular weight is 405 g/mol. The van der Waals surface area contributed by atoms with Crippen molar-refractivity contribution in [2.45, 2.75) is 71.3 Å². The van der Waals surface area contributed by atoms with Crippen LogP contribution < -0.4 is 0 Å². The molecule has 29 heavy (non-hydrogen) atoms. The minimum absolute atomic E-state index is 0.00108. The van der Waals surface area contributed by atoms with E-state index in [4.69, 9.17) is 4.74 Å². The SMILES string of the molecule is CCN(CC(C)C(=O)OC)C(=O)C1CCCN1C(=O)C12CC3CC(CC(C3)C1)C2. The summed E-state index contributed by atoms with van der Waals surface area (Å²) in [5.41, 5.74) is -0.200. The van der Waals surface area contributed by atoms with Crippen LogP contribution in [0.1, 0.15) is 65.2 Å². The maximum absolute atomic E-state index is 13.8. The lowest BCUT2D eigenvalue weighted by Crippen LogP contribution is -2.57. The number of carbonyl (C=O) groups excluding carboxylic acids is 3. The minimum atomic E-state index is -0.363. The monoisotopic (exact) mass is 404 g/mol. The third kappa shape index (κ3) is 3.68. The first-order chi connectivity index (χ1) is 13.9. The third-order valence-corrected chi connectivity index (χ3v) is 8.08. The highest BCUT2D eigenvalue weighted by Gasteiger charge is 2.57. The fourth-order valence-corrected chi connectivity index (χ4v) is 7.14. The van der Waals surface area contributed by atoms with Crippen LogP contribution in [0.25, 0.3) is 0 Å². The van der Waals surface area contributed by atoms with Crippen LogP contribution in [-0.4, -0.2) is 60.4 Å². The predicted octanol–water partition coefficient (Wildman–Crippen LogP) is 2.85. The van der Waals surface area contributed by atoms with Crippen LogP contribution in [0.5, 0.6) is 0 Å². The Kier molecular flexibility index (Phi) is 5.64. The van der Waals surface area contributed by atoms with Crippen LogP contribution in [0, 0.1) is 29.1 Å². The second-order valence-corrected chi connectivity index (χ2v) is 10.2. The molecule has 6 nitrogen and oxygen atoms in total. The van der Waals surface area contributed by atoms with Crippen LogP contribution in [0.15, 0.2) is 0 Å². The highest BCUT2D eigenvalue weighted by molar-refractivity contribution is 5.91. The summed E-state index contributed by atoms with van der Waals surface area (Å²) >= 11 is 0. The Morgan fingerprint density at radius 2 is 1.69 bits per heavy atom. The maximum atomic E-state index is 13.8.